The maximum absolute atomic E-state index is 12.3. The van der Waals surface area contributed by atoms with Gasteiger partial charge in [-0.2, -0.15) is 0 Å². The van der Waals surface area contributed by atoms with Gasteiger partial charge in [-0.25, -0.2) is 0 Å². The molecule has 18 heavy (non-hydrogen) atoms. The summed E-state index contributed by atoms with van der Waals surface area (Å²) in [7, 11) is 0. The maximum Gasteiger partial charge on any atom is 0.224 e. The Morgan fingerprint density at radius 1 is 1.50 bits per heavy atom. The van der Waals surface area contributed by atoms with Crippen molar-refractivity contribution in [3.8, 4) is 0 Å². The van der Waals surface area contributed by atoms with E-state index in [9.17, 15) is 4.79 Å². The molecular formula is C14H21NO2S. The van der Waals surface area contributed by atoms with Crippen molar-refractivity contribution in [1.29, 1.82) is 0 Å². The summed E-state index contributed by atoms with van der Waals surface area (Å²) in [6.07, 6.45) is 0.587. The minimum atomic E-state index is 0.0357. The summed E-state index contributed by atoms with van der Waals surface area (Å²) >= 11 is 1.78. The zero-order chi connectivity index (χ0) is 13.3. The Bertz CT molecular complexity index is 433. The van der Waals surface area contributed by atoms with Crippen LogP contribution in [0.5, 0.6) is 0 Å². The summed E-state index contributed by atoms with van der Waals surface area (Å²) in [4.78, 5) is 14.3. The zero-order valence-electron chi connectivity index (χ0n) is 11.5. The van der Waals surface area contributed by atoms with E-state index in [1.165, 1.54) is 0 Å². The number of thioether (sulfide) groups is 1. The Morgan fingerprint density at radius 3 is 2.78 bits per heavy atom. The van der Waals surface area contributed by atoms with Crippen molar-refractivity contribution in [2.75, 3.05) is 12.3 Å². The molecule has 0 radical (unpaired) electrons. The van der Waals surface area contributed by atoms with Crippen LogP contribution in [-0.4, -0.2) is 23.1 Å². The summed E-state index contributed by atoms with van der Waals surface area (Å²) in [5.41, 5.74) is 0.0357. The number of amides is 1. The number of nitrogens with zero attached hydrogens (tertiary/aromatic N) is 1. The molecule has 0 spiro atoms. The lowest BCUT2D eigenvalue weighted by atomic mass is 9.91. The topological polar surface area (TPSA) is 33.5 Å². The number of hydrogen-bond acceptors (Lipinski definition) is 3. The molecule has 4 heteroatoms. The van der Waals surface area contributed by atoms with Gasteiger partial charge in [0.1, 0.15) is 16.9 Å². The van der Waals surface area contributed by atoms with Crippen LogP contribution in [-0.2, 0) is 4.79 Å². The molecule has 100 valence electrons. The number of furan rings is 1. The Labute approximate surface area is 113 Å². The van der Waals surface area contributed by atoms with Gasteiger partial charge >= 0.3 is 0 Å². The Morgan fingerprint density at radius 2 is 2.22 bits per heavy atom. The lowest BCUT2D eigenvalue weighted by molar-refractivity contribution is -0.133. The fourth-order valence-electron chi connectivity index (χ4n) is 2.10. The van der Waals surface area contributed by atoms with Crippen molar-refractivity contribution in [2.45, 2.75) is 39.5 Å². The highest BCUT2D eigenvalue weighted by molar-refractivity contribution is 7.99. The number of aryl methyl sites for hydroxylation is 1. The second-order valence-electron chi connectivity index (χ2n) is 6.00. The molecule has 0 bridgehead atoms. The van der Waals surface area contributed by atoms with Gasteiger partial charge in [0.25, 0.3) is 0 Å². The summed E-state index contributed by atoms with van der Waals surface area (Å²) in [5.74, 6) is 3.02. The van der Waals surface area contributed by atoms with Gasteiger partial charge in [-0.15, -0.1) is 11.8 Å². The zero-order valence-corrected chi connectivity index (χ0v) is 12.3. The highest BCUT2D eigenvalue weighted by Gasteiger charge is 2.34. The van der Waals surface area contributed by atoms with Crippen LogP contribution in [0, 0.1) is 12.3 Å². The highest BCUT2D eigenvalue weighted by atomic mass is 32.2. The first kappa shape index (κ1) is 13.5. The molecule has 1 fully saturated rings. The molecule has 2 rings (SSSR count). The summed E-state index contributed by atoms with van der Waals surface area (Å²) in [6.45, 7) is 9.05. The summed E-state index contributed by atoms with van der Waals surface area (Å²) in [5, 5.41) is 0.0635. The third-order valence-electron chi connectivity index (χ3n) is 2.90. The van der Waals surface area contributed by atoms with E-state index in [4.69, 9.17) is 4.42 Å². The van der Waals surface area contributed by atoms with Crippen LogP contribution in [0.1, 0.15) is 44.1 Å². The van der Waals surface area contributed by atoms with E-state index in [0.717, 1.165) is 23.8 Å². The molecule has 1 aromatic rings. The lowest BCUT2D eigenvalue weighted by Gasteiger charge is -2.26. The third kappa shape index (κ3) is 3.10. The maximum atomic E-state index is 12.3. The molecule has 1 aromatic heterocycles. The largest absolute Gasteiger partial charge is 0.463 e. The number of carbonyl (C=O) groups excluding carboxylic acids is 1. The van der Waals surface area contributed by atoms with Crippen LogP contribution in [0.15, 0.2) is 16.5 Å². The van der Waals surface area contributed by atoms with E-state index < -0.39 is 0 Å². The van der Waals surface area contributed by atoms with Gasteiger partial charge in [-0.1, -0.05) is 20.8 Å². The molecule has 1 unspecified atom stereocenters. The van der Waals surface area contributed by atoms with Crippen molar-refractivity contribution in [3.05, 3.63) is 23.7 Å². The van der Waals surface area contributed by atoms with Crippen molar-refractivity contribution in [3.63, 3.8) is 0 Å². The monoisotopic (exact) mass is 267 g/mol. The number of rotatable bonds is 2. The number of hydrogen-bond donors (Lipinski definition) is 0. The smallest absolute Gasteiger partial charge is 0.224 e. The van der Waals surface area contributed by atoms with E-state index in [1.54, 1.807) is 11.8 Å². The van der Waals surface area contributed by atoms with E-state index in [2.05, 4.69) is 20.8 Å². The number of carbonyl (C=O) groups is 1. The minimum absolute atomic E-state index is 0.0357. The van der Waals surface area contributed by atoms with Crippen LogP contribution >= 0.6 is 11.8 Å². The third-order valence-corrected chi connectivity index (χ3v) is 4.12. The molecule has 1 atom stereocenters. The van der Waals surface area contributed by atoms with Gasteiger partial charge in [-0.3, -0.25) is 4.79 Å². The average Bonchev–Trinajstić information content (AvgIpc) is 2.81. The normalized spacial score (nSPS) is 20.4. The second kappa shape index (κ2) is 5.00. The van der Waals surface area contributed by atoms with Gasteiger partial charge in [-0.05, 0) is 24.5 Å². The van der Waals surface area contributed by atoms with E-state index in [1.807, 2.05) is 24.0 Å². The van der Waals surface area contributed by atoms with E-state index in [0.29, 0.717) is 6.42 Å². The van der Waals surface area contributed by atoms with Crippen LogP contribution < -0.4 is 0 Å². The first-order valence-electron chi connectivity index (χ1n) is 6.34. The molecule has 1 saturated heterocycles. The van der Waals surface area contributed by atoms with Gasteiger partial charge in [0, 0.05) is 18.7 Å². The predicted molar refractivity (Wildman–Crippen MR) is 74.4 cm³/mol. The lowest BCUT2D eigenvalue weighted by Crippen LogP contribution is -2.32. The van der Waals surface area contributed by atoms with Gasteiger partial charge in [0.2, 0.25) is 5.91 Å². The molecule has 0 aromatic carbocycles. The summed E-state index contributed by atoms with van der Waals surface area (Å²) < 4.78 is 5.66. The van der Waals surface area contributed by atoms with Gasteiger partial charge < -0.3 is 9.32 Å². The van der Waals surface area contributed by atoms with Crippen molar-refractivity contribution < 1.29 is 9.21 Å². The van der Waals surface area contributed by atoms with Crippen LogP contribution in [0.25, 0.3) is 0 Å². The molecule has 2 heterocycles. The Balaban J connectivity index is 2.10. The highest BCUT2D eigenvalue weighted by Crippen LogP contribution is 2.39. The fraction of sp³-hybridized carbons (Fsp3) is 0.643. The summed E-state index contributed by atoms with van der Waals surface area (Å²) in [6, 6.07) is 3.94. The first-order chi connectivity index (χ1) is 8.37. The van der Waals surface area contributed by atoms with Crippen LogP contribution in [0.3, 0.4) is 0 Å². The SMILES string of the molecule is Cc1ccc(C2SCCN2C(=O)CC(C)(C)C)o1. The molecule has 1 aliphatic rings. The molecule has 0 N–H and O–H groups in total. The molecule has 0 aliphatic carbocycles. The van der Waals surface area contributed by atoms with E-state index in [-0.39, 0.29) is 16.7 Å². The molecular weight excluding hydrogens is 246 g/mol. The van der Waals surface area contributed by atoms with Gasteiger partial charge in [0.15, 0.2) is 0 Å². The molecule has 1 aliphatic heterocycles. The fourth-order valence-corrected chi connectivity index (χ4v) is 3.32. The molecule has 1 amide bonds. The Hall–Kier alpha value is -0.900. The first-order valence-corrected chi connectivity index (χ1v) is 7.39. The van der Waals surface area contributed by atoms with Gasteiger partial charge in [0.05, 0.1) is 0 Å². The van der Waals surface area contributed by atoms with E-state index >= 15 is 0 Å². The predicted octanol–water partition coefficient (Wildman–Crippen LogP) is 3.60. The minimum Gasteiger partial charge on any atom is -0.463 e. The molecule has 3 nitrogen and oxygen atoms in total. The second-order valence-corrected chi connectivity index (χ2v) is 7.18. The van der Waals surface area contributed by atoms with Crippen molar-refractivity contribution in [2.24, 2.45) is 5.41 Å². The van der Waals surface area contributed by atoms with Crippen molar-refractivity contribution in [1.82, 2.24) is 4.90 Å². The Kier molecular flexibility index (Phi) is 3.76. The molecule has 0 saturated carbocycles. The quantitative estimate of drug-likeness (QED) is 0.821. The standard InChI is InChI=1S/C14H21NO2S/c1-10-5-6-11(17-10)13-15(7-8-18-13)12(16)9-14(2,3)4/h5-6,13H,7-9H2,1-4H3. The average molecular weight is 267 g/mol. The van der Waals surface area contributed by atoms with Crippen molar-refractivity contribution >= 4 is 17.7 Å². The van der Waals surface area contributed by atoms with Crippen LogP contribution in [0.2, 0.25) is 0 Å². The van der Waals surface area contributed by atoms with Crippen LogP contribution in [0.4, 0.5) is 0 Å².